The third kappa shape index (κ3) is 4.45. The maximum absolute atomic E-state index is 12.2. The minimum absolute atomic E-state index is 0.178. The predicted molar refractivity (Wildman–Crippen MR) is 84.5 cm³/mol. The SMILES string of the molecule is CCCNC(CN(CC(C)C)C(C)C)(C(N)=O)C1CC1. The Hall–Kier alpha value is -0.610. The molecule has 0 aliphatic heterocycles. The average Bonchev–Trinajstić information content (AvgIpc) is 3.16. The molecule has 0 aromatic carbocycles. The predicted octanol–water partition coefficient (Wildman–Crippen LogP) is 1.99. The van der Waals surface area contributed by atoms with Gasteiger partial charge in [0.2, 0.25) is 5.91 Å². The third-order valence-corrected chi connectivity index (χ3v) is 4.19. The van der Waals surface area contributed by atoms with Gasteiger partial charge in [0.05, 0.1) is 0 Å². The number of hydrogen-bond donors (Lipinski definition) is 2. The van der Waals surface area contributed by atoms with Crippen molar-refractivity contribution in [2.24, 2.45) is 17.6 Å². The lowest BCUT2D eigenvalue weighted by Crippen LogP contribution is -2.64. The highest BCUT2D eigenvalue weighted by molar-refractivity contribution is 5.86. The van der Waals surface area contributed by atoms with E-state index >= 15 is 0 Å². The minimum atomic E-state index is -0.533. The molecule has 1 aliphatic carbocycles. The van der Waals surface area contributed by atoms with E-state index in [4.69, 9.17) is 5.73 Å². The summed E-state index contributed by atoms with van der Waals surface area (Å²) < 4.78 is 0. The van der Waals surface area contributed by atoms with Gasteiger partial charge in [0, 0.05) is 19.1 Å². The summed E-state index contributed by atoms with van der Waals surface area (Å²) >= 11 is 0. The van der Waals surface area contributed by atoms with E-state index in [2.05, 4.69) is 44.8 Å². The van der Waals surface area contributed by atoms with Gasteiger partial charge in [0.25, 0.3) is 0 Å². The lowest BCUT2D eigenvalue weighted by molar-refractivity contribution is -0.126. The van der Waals surface area contributed by atoms with E-state index < -0.39 is 5.54 Å². The number of nitrogens with two attached hydrogens (primary N) is 1. The van der Waals surface area contributed by atoms with Gasteiger partial charge >= 0.3 is 0 Å². The topological polar surface area (TPSA) is 58.4 Å². The first kappa shape index (κ1) is 17.4. The van der Waals surface area contributed by atoms with Crippen LogP contribution in [-0.4, -0.2) is 42.0 Å². The monoisotopic (exact) mass is 283 g/mol. The van der Waals surface area contributed by atoms with Crippen LogP contribution in [0.5, 0.6) is 0 Å². The first-order valence-electron chi connectivity index (χ1n) is 8.12. The quantitative estimate of drug-likeness (QED) is 0.644. The average molecular weight is 283 g/mol. The van der Waals surface area contributed by atoms with E-state index in [1.165, 1.54) is 0 Å². The molecular weight excluding hydrogens is 250 g/mol. The molecule has 1 amide bonds. The highest BCUT2D eigenvalue weighted by Crippen LogP contribution is 2.40. The number of rotatable bonds is 10. The van der Waals surface area contributed by atoms with Crippen LogP contribution in [0.3, 0.4) is 0 Å². The first-order chi connectivity index (χ1) is 9.33. The highest BCUT2D eigenvalue weighted by atomic mass is 16.1. The number of amides is 1. The van der Waals surface area contributed by atoms with Crippen molar-refractivity contribution in [3.8, 4) is 0 Å². The third-order valence-electron chi connectivity index (χ3n) is 4.19. The standard InChI is InChI=1S/C16H33N3O/c1-6-9-18-16(15(17)20,14-7-8-14)11-19(13(4)5)10-12(2)3/h12-14,18H,6-11H2,1-5H3,(H2,17,20). The Bertz CT molecular complexity index is 313. The Morgan fingerprint density at radius 1 is 1.35 bits per heavy atom. The molecule has 1 aliphatic rings. The maximum Gasteiger partial charge on any atom is 0.239 e. The molecule has 0 spiro atoms. The molecule has 1 unspecified atom stereocenters. The molecule has 4 nitrogen and oxygen atoms in total. The van der Waals surface area contributed by atoms with E-state index in [1.54, 1.807) is 0 Å². The van der Waals surface area contributed by atoms with E-state index in [0.29, 0.717) is 17.9 Å². The van der Waals surface area contributed by atoms with Crippen LogP contribution in [0.25, 0.3) is 0 Å². The zero-order valence-electron chi connectivity index (χ0n) is 13.9. The second-order valence-electron chi connectivity index (χ2n) is 6.95. The van der Waals surface area contributed by atoms with Gasteiger partial charge in [-0.1, -0.05) is 20.8 Å². The fraction of sp³-hybridized carbons (Fsp3) is 0.938. The van der Waals surface area contributed by atoms with Crippen LogP contribution in [0.1, 0.15) is 53.9 Å². The molecule has 0 bridgehead atoms. The molecule has 0 saturated heterocycles. The van der Waals surface area contributed by atoms with Crippen molar-refractivity contribution in [1.29, 1.82) is 0 Å². The zero-order chi connectivity index (χ0) is 15.3. The molecule has 4 heteroatoms. The molecule has 20 heavy (non-hydrogen) atoms. The molecule has 0 aromatic rings. The Balaban J connectivity index is 2.87. The molecule has 0 heterocycles. The Labute approximate surface area is 124 Å². The maximum atomic E-state index is 12.2. The van der Waals surface area contributed by atoms with E-state index in [9.17, 15) is 4.79 Å². The summed E-state index contributed by atoms with van der Waals surface area (Å²) in [6.07, 6.45) is 3.26. The summed E-state index contributed by atoms with van der Waals surface area (Å²) in [6, 6.07) is 0.429. The lowest BCUT2D eigenvalue weighted by atomic mass is 9.90. The summed E-state index contributed by atoms with van der Waals surface area (Å²) in [6.45, 7) is 13.6. The molecular formula is C16H33N3O. The first-order valence-corrected chi connectivity index (χ1v) is 8.12. The van der Waals surface area contributed by atoms with Crippen molar-refractivity contribution in [2.75, 3.05) is 19.6 Å². The number of nitrogens with zero attached hydrogens (tertiary/aromatic N) is 1. The Kier molecular flexibility index (Phi) is 6.46. The summed E-state index contributed by atoms with van der Waals surface area (Å²) in [4.78, 5) is 14.6. The Morgan fingerprint density at radius 2 is 1.95 bits per heavy atom. The zero-order valence-corrected chi connectivity index (χ0v) is 13.9. The van der Waals surface area contributed by atoms with Crippen molar-refractivity contribution in [3.05, 3.63) is 0 Å². The minimum Gasteiger partial charge on any atom is -0.368 e. The molecule has 1 fully saturated rings. The van der Waals surface area contributed by atoms with Crippen LogP contribution < -0.4 is 11.1 Å². The summed E-state index contributed by atoms with van der Waals surface area (Å²) in [5, 5.41) is 3.49. The largest absolute Gasteiger partial charge is 0.368 e. The van der Waals surface area contributed by atoms with Crippen LogP contribution in [0.4, 0.5) is 0 Å². The van der Waals surface area contributed by atoms with Gasteiger partial charge in [-0.3, -0.25) is 9.69 Å². The van der Waals surface area contributed by atoms with Gasteiger partial charge in [-0.2, -0.15) is 0 Å². The summed E-state index contributed by atoms with van der Waals surface area (Å²) in [5.74, 6) is 0.830. The molecule has 0 radical (unpaired) electrons. The van der Waals surface area contributed by atoms with Crippen LogP contribution >= 0.6 is 0 Å². The van der Waals surface area contributed by atoms with Gasteiger partial charge in [-0.25, -0.2) is 0 Å². The van der Waals surface area contributed by atoms with Crippen molar-refractivity contribution < 1.29 is 4.79 Å². The van der Waals surface area contributed by atoms with Gasteiger partial charge < -0.3 is 11.1 Å². The number of primary amides is 1. The van der Waals surface area contributed by atoms with Gasteiger partial charge in [0.1, 0.15) is 5.54 Å². The van der Waals surface area contributed by atoms with Gasteiger partial charge in [-0.15, -0.1) is 0 Å². The lowest BCUT2D eigenvalue weighted by Gasteiger charge is -2.39. The second-order valence-corrected chi connectivity index (χ2v) is 6.95. The van der Waals surface area contributed by atoms with Crippen molar-refractivity contribution >= 4 is 5.91 Å². The number of hydrogen-bond acceptors (Lipinski definition) is 3. The summed E-state index contributed by atoms with van der Waals surface area (Å²) in [7, 11) is 0. The molecule has 1 rings (SSSR count). The van der Waals surface area contributed by atoms with Crippen LogP contribution in [0.2, 0.25) is 0 Å². The number of carbonyl (C=O) groups excluding carboxylic acids is 1. The van der Waals surface area contributed by atoms with Gasteiger partial charge in [-0.05, 0) is 51.5 Å². The van der Waals surface area contributed by atoms with E-state index in [0.717, 1.165) is 38.9 Å². The van der Waals surface area contributed by atoms with Crippen molar-refractivity contribution in [3.63, 3.8) is 0 Å². The van der Waals surface area contributed by atoms with Gasteiger partial charge in [0.15, 0.2) is 0 Å². The molecule has 0 aromatic heterocycles. The number of nitrogens with one attached hydrogen (secondary N) is 1. The molecule has 3 N–H and O–H groups in total. The normalized spacial score (nSPS) is 18.8. The fourth-order valence-electron chi connectivity index (χ4n) is 2.87. The number of carbonyl (C=O) groups is 1. The summed E-state index contributed by atoms with van der Waals surface area (Å²) in [5.41, 5.74) is 5.27. The Morgan fingerprint density at radius 3 is 2.30 bits per heavy atom. The van der Waals surface area contributed by atoms with Crippen LogP contribution in [-0.2, 0) is 4.79 Å². The smallest absolute Gasteiger partial charge is 0.239 e. The second kappa shape index (κ2) is 7.41. The molecule has 1 atom stereocenters. The highest BCUT2D eigenvalue weighted by Gasteiger charge is 2.50. The fourth-order valence-corrected chi connectivity index (χ4v) is 2.87. The van der Waals surface area contributed by atoms with Crippen LogP contribution in [0.15, 0.2) is 0 Å². The van der Waals surface area contributed by atoms with E-state index in [1.807, 2.05) is 0 Å². The van der Waals surface area contributed by atoms with Crippen molar-refractivity contribution in [1.82, 2.24) is 10.2 Å². The molecule has 1 saturated carbocycles. The van der Waals surface area contributed by atoms with E-state index in [-0.39, 0.29) is 5.91 Å². The van der Waals surface area contributed by atoms with Crippen molar-refractivity contribution in [2.45, 2.75) is 65.5 Å². The molecule has 118 valence electrons. The van der Waals surface area contributed by atoms with Crippen LogP contribution in [0, 0.1) is 11.8 Å².